The third kappa shape index (κ3) is 3.91. The number of aromatic nitrogens is 7. The molecule has 0 unspecified atom stereocenters. The number of nitrogens with one attached hydrogen (secondary N) is 2. The summed E-state index contributed by atoms with van der Waals surface area (Å²) in [5, 5.41) is 7.51. The van der Waals surface area contributed by atoms with Crippen LogP contribution >= 0.6 is 0 Å². The largest absolute Gasteiger partial charge is 0.321 e. The second kappa shape index (κ2) is 8.37. The van der Waals surface area contributed by atoms with Crippen LogP contribution in [0.15, 0.2) is 67.1 Å². The lowest BCUT2D eigenvalue weighted by atomic mass is 10.1. The first-order valence-corrected chi connectivity index (χ1v) is 11.1. The highest BCUT2D eigenvalue weighted by molar-refractivity contribution is 5.94. The van der Waals surface area contributed by atoms with Crippen LogP contribution in [0.2, 0.25) is 0 Å². The van der Waals surface area contributed by atoms with E-state index in [4.69, 9.17) is 9.97 Å². The first-order chi connectivity index (χ1) is 17.0. The van der Waals surface area contributed by atoms with Crippen LogP contribution < -0.4 is 0 Å². The van der Waals surface area contributed by atoms with Gasteiger partial charge in [-0.2, -0.15) is 5.10 Å². The van der Waals surface area contributed by atoms with Gasteiger partial charge in [0.1, 0.15) is 16.9 Å². The summed E-state index contributed by atoms with van der Waals surface area (Å²) in [5.74, 6) is 0.231. The predicted molar refractivity (Wildman–Crippen MR) is 133 cm³/mol. The minimum absolute atomic E-state index is 0.303. The highest BCUT2D eigenvalue weighted by Gasteiger charge is 2.17. The molecule has 6 rings (SSSR count). The number of pyridine rings is 3. The summed E-state index contributed by atoms with van der Waals surface area (Å²) in [4.78, 5) is 23.8. The quantitative estimate of drug-likeness (QED) is 0.379. The van der Waals surface area contributed by atoms with Crippen molar-refractivity contribution in [1.82, 2.24) is 40.0 Å². The number of hydrogen-bond donors (Lipinski definition) is 2. The molecule has 2 N–H and O–H groups in total. The summed E-state index contributed by atoms with van der Waals surface area (Å²) in [6.45, 7) is 0.791. The predicted octanol–water partition coefficient (Wildman–Crippen LogP) is 4.83. The van der Waals surface area contributed by atoms with Crippen LogP contribution in [0.3, 0.4) is 0 Å². The Morgan fingerprint density at radius 3 is 2.71 bits per heavy atom. The van der Waals surface area contributed by atoms with Gasteiger partial charge < -0.3 is 9.88 Å². The van der Waals surface area contributed by atoms with E-state index >= 15 is 0 Å². The topological polar surface area (TPSA) is 99.3 Å². The molecule has 5 heterocycles. The highest BCUT2D eigenvalue weighted by Crippen LogP contribution is 2.31. The molecular formula is C26H21FN8. The van der Waals surface area contributed by atoms with E-state index in [2.05, 4.69) is 36.1 Å². The molecule has 0 radical (unpaired) electrons. The molecule has 5 aromatic heterocycles. The normalized spacial score (nSPS) is 11.7. The molecule has 8 nitrogen and oxygen atoms in total. The number of fused-ring (bicyclic) bond motifs is 2. The van der Waals surface area contributed by atoms with Crippen LogP contribution in [-0.2, 0) is 6.54 Å². The summed E-state index contributed by atoms with van der Waals surface area (Å²) in [6.07, 6.45) is 5.35. The van der Waals surface area contributed by atoms with Crippen molar-refractivity contribution < 1.29 is 4.39 Å². The summed E-state index contributed by atoms with van der Waals surface area (Å²) < 4.78 is 13.8. The molecule has 172 valence electrons. The molecule has 0 fully saturated rings. The van der Waals surface area contributed by atoms with Crippen molar-refractivity contribution in [3.05, 3.63) is 78.5 Å². The molecule has 0 saturated carbocycles. The van der Waals surface area contributed by atoms with E-state index in [1.807, 2.05) is 50.8 Å². The third-order valence-electron chi connectivity index (χ3n) is 5.74. The minimum Gasteiger partial charge on any atom is -0.321 e. The molecule has 0 saturated heterocycles. The molecule has 35 heavy (non-hydrogen) atoms. The number of aromatic amines is 2. The number of benzene rings is 1. The van der Waals surface area contributed by atoms with Gasteiger partial charge >= 0.3 is 0 Å². The number of hydrogen-bond acceptors (Lipinski definition) is 6. The smallest absolute Gasteiger partial charge is 0.162 e. The lowest BCUT2D eigenvalue weighted by Gasteiger charge is -2.10. The summed E-state index contributed by atoms with van der Waals surface area (Å²) in [7, 11) is 4.05. The van der Waals surface area contributed by atoms with Crippen LogP contribution in [0, 0.1) is 5.82 Å². The van der Waals surface area contributed by atoms with Crippen molar-refractivity contribution in [2.24, 2.45) is 0 Å². The van der Waals surface area contributed by atoms with E-state index in [-0.39, 0.29) is 5.82 Å². The van der Waals surface area contributed by atoms with E-state index in [9.17, 15) is 4.39 Å². The Bertz CT molecular complexity index is 1680. The zero-order valence-electron chi connectivity index (χ0n) is 19.1. The molecule has 0 aliphatic rings. The van der Waals surface area contributed by atoms with E-state index in [0.29, 0.717) is 28.2 Å². The van der Waals surface area contributed by atoms with Crippen LogP contribution in [0.4, 0.5) is 4.39 Å². The Morgan fingerprint density at radius 1 is 0.943 bits per heavy atom. The molecule has 0 amide bonds. The van der Waals surface area contributed by atoms with Crippen LogP contribution in [0.25, 0.3) is 56.1 Å². The Hall–Kier alpha value is -4.50. The highest BCUT2D eigenvalue weighted by atomic mass is 19.1. The maximum absolute atomic E-state index is 13.8. The van der Waals surface area contributed by atoms with Gasteiger partial charge in [0.2, 0.25) is 0 Å². The monoisotopic (exact) mass is 464 g/mol. The van der Waals surface area contributed by atoms with E-state index in [0.717, 1.165) is 40.0 Å². The van der Waals surface area contributed by atoms with Crippen LogP contribution in [0.5, 0.6) is 0 Å². The SMILES string of the molecule is CN(C)Cc1cncc(-c2ccc3[nH]nc(-c4nc5c(-c6cccc(F)c6)ccnc5[nH]4)c3n2)c1. The third-order valence-corrected chi connectivity index (χ3v) is 5.74. The lowest BCUT2D eigenvalue weighted by Crippen LogP contribution is -2.10. The van der Waals surface area contributed by atoms with Gasteiger partial charge in [-0.1, -0.05) is 12.1 Å². The average Bonchev–Trinajstić information content (AvgIpc) is 3.47. The van der Waals surface area contributed by atoms with Gasteiger partial charge in [-0.15, -0.1) is 0 Å². The fourth-order valence-electron chi connectivity index (χ4n) is 4.22. The Morgan fingerprint density at radius 2 is 1.86 bits per heavy atom. The van der Waals surface area contributed by atoms with Crippen LogP contribution in [-0.4, -0.2) is 54.1 Å². The number of halogens is 1. The van der Waals surface area contributed by atoms with Gasteiger partial charge in [0.15, 0.2) is 17.2 Å². The van der Waals surface area contributed by atoms with Crippen molar-refractivity contribution in [2.45, 2.75) is 6.54 Å². The average molecular weight is 465 g/mol. The van der Waals surface area contributed by atoms with Crippen molar-refractivity contribution >= 4 is 22.2 Å². The molecule has 0 aliphatic carbocycles. The van der Waals surface area contributed by atoms with Crippen molar-refractivity contribution in [1.29, 1.82) is 0 Å². The standard InChI is InChI=1S/C26H21FN8/c1-35(2)14-15-10-17(13-28-12-15)20-6-7-21-23(30-20)24(34-33-21)26-31-22-19(8-9-29-25(22)32-26)16-4-3-5-18(27)11-16/h3-13H,14H2,1-2H3,(H,33,34)(H,29,31,32). The summed E-state index contributed by atoms with van der Waals surface area (Å²) in [6, 6.07) is 14.3. The maximum Gasteiger partial charge on any atom is 0.162 e. The van der Waals surface area contributed by atoms with Crippen molar-refractivity contribution in [2.75, 3.05) is 14.1 Å². The van der Waals surface area contributed by atoms with Gasteiger partial charge in [0.25, 0.3) is 0 Å². The fraction of sp³-hybridized carbons (Fsp3) is 0.115. The molecular weight excluding hydrogens is 443 g/mol. The number of nitrogens with zero attached hydrogens (tertiary/aromatic N) is 6. The molecule has 0 bridgehead atoms. The van der Waals surface area contributed by atoms with Gasteiger partial charge in [-0.3, -0.25) is 10.1 Å². The van der Waals surface area contributed by atoms with E-state index < -0.39 is 0 Å². The molecule has 0 atom stereocenters. The minimum atomic E-state index is -0.303. The van der Waals surface area contributed by atoms with Gasteiger partial charge in [0, 0.05) is 36.3 Å². The zero-order chi connectivity index (χ0) is 23.9. The van der Waals surface area contributed by atoms with Gasteiger partial charge in [-0.05, 0) is 61.6 Å². The van der Waals surface area contributed by atoms with Crippen molar-refractivity contribution in [3.8, 4) is 33.9 Å². The maximum atomic E-state index is 13.8. The van der Waals surface area contributed by atoms with Crippen LogP contribution in [0.1, 0.15) is 5.56 Å². The first kappa shape index (κ1) is 21.1. The second-order valence-corrected chi connectivity index (χ2v) is 8.64. The zero-order valence-corrected chi connectivity index (χ0v) is 19.1. The number of imidazole rings is 1. The fourth-order valence-corrected chi connectivity index (χ4v) is 4.22. The Kier molecular flexibility index (Phi) is 5.04. The molecule has 1 aromatic carbocycles. The Labute approximate surface area is 199 Å². The molecule has 9 heteroatoms. The first-order valence-electron chi connectivity index (χ1n) is 11.1. The van der Waals surface area contributed by atoms with Crippen molar-refractivity contribution in [3.63, 3.8) is 0 Å². The number of H-pyrrole nitrogens is 2. The molecule has 0 spiro atoms. The number of rotatable bonds is 5. The Balaban J connectivity index is 1.45. The molecule has 6 aromatic rings. The molecule has 0 aliphatic heterocycles. The van der Waals surface area contributed by atoms with E-state index in [1.165, 1.54) is 12.1 Å². The summed E-state index contributed by atoms with van der Waals surface area (Å²) in [5.41, 5.74) is 7.64. The lowest BCUT2D eigenvalue weighted by molar-refractivity contribution is 0.402. The van der Waals surface area contributed by atoms with E-state index in [1.54, 1.807) is 12.3 Å². The summed E-state index contributed by atoms with van der Waals surface area (Å²) >= 11 is 0. The second-order valence-electron chi connectivity index (χ2n) is 8.64. The van der Waals surface area contributed by atoms with Gasteiger partial charge in [-0.25, -0.2) is 19.3 Å². The van der Waals surface area contributed by atoms with Gasteiger partial charge in [0.05, 0.1) is 11.2 Å².